The fourth-order valence-electron chi connectivity index (χ4n) is 2.34. The number of carbonyl (C=O) groups is 1. The van der Waals surface area contributed by atoms with Gasteiger partial charge in [0.05, 0.1) is 6.20 Å². The molecule has 0 unspecified atom stereocenters. The minimum absolute atomic E-state index is 0.177. The molecule has 1 amide bonds. The van der Waals surface area contributed by atoms with Crippen molar-refractivity contribution in [3.63, 3.8) is 0 Å². The maximum atomic E-state index is 12.4. The van der Waals surface area contributed by atoms with E-state index in [9.17, 15) is 9.59 Å². The van der Waals surface area contributed by atoms with Gasteiger partial charge >= 0.3 is 0 Å². The molecule has 2 heterocycles. The minimum atomic E-state index is -0.310. The second-order valence-corrected chi connectivity index (χ2v) is 4.49. The van der Waals surface area contributed by atoms with Crippen LogP contribution in [0.4, 0.5) is 5.69 Å². The predicted molar refractivity (Wildman–Crippen MR) is 71.3 cm³/mol. The lowest BCUT2D eigenvalue weighted by molar-refractivity contribution is 0.0980. The minimum Gasteiger partial charge on any atom is -0.325 e. The SMILES string of the molecule is O=C(c1c[nH]c(=O)cn1)N1CCCc2ccccc21. The molecule has 3 rings (SSSR count). The van der Waals surface area contributed by atoms with Crippen molar-refractivity contribution in [3.8, 4) is 0 Å². The summed E-state index contributed by atoms with van der Waals surface area (Å²) in [4.78, 5) is 31.5. The van der Waals surface area contributed by atoms with Crippen molar-refractivity contribution >= 4 is 11.6 Å². The molecule has 0 saturated carbocycles. The second kappa shape index (κ2) is 4.68. The number of H-pyrrole nitrogens is 1. The summed E-state index contributed by atoms with van der Waals surface area (Å²) >= 11 is 0. The Morgan fingerprint density at radius 1 is 1.32 bits per heavy atom. The Bertz CT molecular complexity index is 658. The molecular formula is C14H13N3O2. The van der Waals surface area contributed by atoms with Gasteiger partial charge in [0.15, 0.2) is 0 Å². The maximum Gasteiger partial charge on any atom is 0.278 e. The summed E-state index contributed by atoms with van der Waals surface area (Å²) in [7, 11) is 0. The zero-order valence-electron chi connectivity index (χ0n) is 10.3. The van der Waals surface area contributed by atoms with Crippen molar-refractivity contribution in [3.05, 3.63) is 58.3 Å². The highest BCUT2D eigenvalue weighted by Crippen LogP contribution is 2.27. The molecule has 5 heteroatoms. The average molecular weight is 255 g/mol. The van der Waals surface area contributed by atoms with Crippen molar-refractivity contribution in [2.24, 2.45) is 0 Å². The number of nitrogens with zero attached hydrogens (tertiary/aromatic N) is 2. The van der Waals surface area contributed by atoms with Crippen LogP contribution in [0.5, 0.6) is 0 Å². The zero-order chi connectivity index (χ0) is 13.2. The molecule has 0 fully saturated rings. The molecule has 19 heavy (non-hydrogen) atoms. The van der Waals surface area contributed by atoms with Crippen LogP contribution in [-0.2, 0) is 6.42 Å². The second-order valence-electron chi connectivity index (χ2n) is 4.49. The highest BCUT2D eigenvalue weighted by Gasteiger charge is 2.23. The number of aromatic nitrogens is 2. The van der Waals surface area contributed by atoms with Gasteiger partial charge in [0.25, 0.3) is 11.5 Å². The first kappa shape index (κ1) is 11.6. The third-order valence-corrected chi connectivity index (χ3v) is 3.25. The Morgan fingerprint density at radius 2 is 2.16 bits per heavy atom. The Kier molecular flexibility index (Phi) is 2.87. The van der Waals surface area contributed by atoms with Crippen LogP contribution in [0, 0.1) is 0 Å². The van der Waals surface area contributed by atoms with Gasteiger partial charge in [-0.2, -0.15) is 0 Å². The highest BCUT2D eigenvalue weighted by molar-refractivity contribution is 6.05. The first-order valence-electron chi connectivity index (χ1n) is 6.20. The summed E-state index contributed by atoms with van der Waals surface area (Å²) < 4.78 is 0. The first-order chi connectivity index (χ1) is 9.25. The van der Waals surface area contributed by atoms with E-state index in [0.717, 1.165) is 24.7 Å². The number of carbonyl (C=O) groups excluding carboxylic acids is 1. The van der Waals surface area contributed by atoms with Crippen LogP contribution in [0.15, 0.2) is 41.5 Å². The molecule has 1 aromatic heterocycles. The fourth-order valence-corrected chi connectivity index (χ4v) is 2.34. The van der Waals surface area contributed by atoms with Crippen molar-refractivity contribution < 1.29 is 4.79 Å². The number of aromatic amines is 1. The molecule has 1 aromatic carbocycles. The van der Waals surface area contributed by atoms with E-state index in [4.69, 9.17) is 0 Å². The Labute approximate surface area is 109 Å². The monoisotopic (exact) mass is 255 g/mol. The van der Waals surface area contributed by atoms with Crippen LogP contribution in [-0.4, -0.2) is 22.4 Å². The lowest BCUT2D eigenvalue weighted by Gasteiger charge is -2.29. The van der Waals surface area contributed by atoms with Crippen LogP contribution in [0.1, 0.15) is 22.5 Å². The van der Waals surface area contributed by atoms with Gasteiger partial charge in [-0.05, 0) is 24.5 Å². The Morgan fingerprint density at radius 3 is 2.95 bits per heavy atom. The molecule has 0 saturated heterocycles. The zero-order valence-corrected chi connectivity index (χ0v) is 10.3. The topological polar surface area (TPSA) is 66.1 Å². The van der Waals surface area contributed by atoms with E-state index >= 15 is 0 Å². The van der Waals surface area contributed by atoms with E-state index in [0.29, 0.717) is 6.54 Å². The largest absolute Gasteiger partial charge is 0.325 e. The molecule has 0 radical (unpaired) electrons. The molecular weight excluding hydrogens is 242 g/mol. The standard InChI is InChI=1S/C14H13N3O2/c18-13-9-15-11(8-16-13)14(19)17-7-3-5-10-4-1-2-6-12(10)17/h1-2,4,6,8-9H,3,5,7H2,(H,16,18). The van der Waals surface area contributed by atoms with E-state index in [1.807, 2.05) is 24.3 Å². The van der Waals surface area contributed by atoms with Crippen LogP contribution < -0.4 is 10.5 Å². The molecule has 1 aliphatic heterocycles. The summed E-state index contributed by atoms with van der Waals surface area (Å²) in [5.74, 6) is -0.177. The predicted octanol–water partition coefficient (Wildman–Crippen LogP) is 1.36. The van der Waals surface area contributed by atoms with E-state index in [1.165, 1.54) is 11.8 Å². The fraction of sp³-hybridized carbons (Fsp3) is 0.214. The number of benzene rings is 1. The first-order valence-corrected chi connectivity index (χ1v) is 6.20. The molecule has 2 aromatic rings. The van der Waals surface area contributed by atoms with E-state index in [1.54, 1.807) is 4.90 Å². The van der Waals surface area contributed by atoms with Crippen LogP contribution >= 0.6 is 0 Å². The number of nitrogens with one attached hydrogen (secondary N) is 1. The summed E-state index contributed by atoms with van der Waals surface area (Å²) in [6.45, 7) is 0.677. The van der Waals surface area contributed by atoms with Crippen molar-refractivity contribution in [2.45, 2.75) is 12.8 Å². The molecule has 0 aliphatic carbocycles. The Balaban J connectivity index is 1.97. The third kappa shape index (κ3) is 2.14. The smallest absolute Gasteiger partial charge is 0.278 e. The summed E-state index contributed by atoms with van der Waals surface area (Å²) in [6, 6.07) is 7.88. The normalized spacial score (nSPS) is 14.0. The number of hydrogen-bond donors (Lipinski definition) is 1. The van der Waals surface area contributed by atoms with Gasteiger partial charge in [-0.15, -0.1) is 0 Å². The van der Waals surface area contributed by atoms with Gasteiger partial charge in [-0.3, -0.25) is 9.59 Å². The van der Waals surface area contributed by atoms with Crippen molar-refractivity contribution in [1.82, 2.24) is 9.97 Å². The van der Waals surface area contributed by atoms with Gasteiger partial charge in [-0.1, -0.05) is 18.2 Å². The van der Waals surface area contributed by atoms with Crippen molar-refractivity contribution in [1.29, 1.82) is 0 Å². The van der Waals surface area contributed by atoms with Gasteiger partial charge in [0.1, 0.15) is 5.69 Å². The van der Waals surface area contributed by atoms with E-state index < -0.39 is 0 Å². The molecule has 0 atom stereocenters. The summed E-state index contributed by atoms with van der Waals surface area (Å²) in [5, 5.41) is 0. The molecule has 1 N–H and O–H groups in total. The Hall–Kier alpha value is -2.43. The number of para-hydroxylation sites is 1. The highest BCUT2D eigenvalue weighted by atomic mass is 16.2. The maximum absolute atomic E-state index is 12.4. The molecule has 5 nitrogen and oxygen atoms in total. The van der Waals surface area contributed by atoms with Gasteiger partial charge in [0.2, 0.25) is 0 Å². The molecule has 96 valence electrons. The van der Waals surface area contributed by atoms with Crippen LogP contribution in [0.2, 0.25) is 0 Å². The number of amides is 1. The lowest BCUT2D eigenvalue weighted by atomic mass is 10.0. The van der Waals surface area contributed by atoms with Gasteiger partial charge in [-0.25, -0.2) is 4.98 Å². The summed E-state index contributed by atoms with van der Waals surface area (Å²) in [6.07, 6.45) is 4.41. The number of hydrogen-bond acceptors (Lipinski definition) is 3. The number of aryl methyl sites for hydroxylation is 1. The third-order valence-electron chi connectivity index (χ3n) is 3.25. The molecule has 0 bridgehead atoms. The molecule has 1 aliphatic rings. The average Bonchev–Trinajstić information content (AvgIpc) is 2.47. The number of anilines is 1. The van der Waals surface area contributed by atoms with Crippen LogP contribution in [0.3, 0.4) is 0 Å². The van der Waals surface area contributed by atoms with Gasteiger partial charge < -0.3 is 9.88 Å². The molecule has 0 spiro atoms. The summed E-state index contributed by atoms with van der Waals surface area (Å²) in [5.41, 5.74) is 2.06. The quantitative estimate of drug-likeness (QED) is 0.836. The van der Waals surface area contributed by atoms with E-state index in [2.05, 4.69) is 9.97 Å². The lowest BCUT2D eigenvalue weighted by Crippen LogP contribution is -2.36. The van der Waals surface area contributed by atoms with Gasteiger partial charge in [0, 0.05) is 18.4 Å². The van der Waals surface area contributed by atoms with Crippen LogP contribution in [0.25, 0.3) is 0 Å². The number of fused-ring (bicyclic) bond motifs is 1. The number of rotatable bonds is 1. The van der Waals surface area contributed by atoms with E-state index in [-0.39, 0.29) is 17.2 Å². The van der Waals surface area contributed by atoms with Crippen molar-refractivity contribution in [2.75, 3.05) is 11.4 Å².